The van der Waals surface area contributed by atoms with E-state index >= 15 is 0 Å². The molecular formula is C24H37N3O2. The number of carbonyl (C=O) groups is 2. The van der Waals surface area contributed by atoms with Crippen molar-refractivity contribution in [1.82, 2.24) is 14.7 Å². The van der Waals surface area contributed by atoms with Gasteiger partial charge in [-0.2, -0.15) is 0 Å². The number of likely N-dealkylation sites (tertiary alicyclic amines) is 2. The molecule has 2 saturated heterocycles. The molecule has 2 aliphatic heterocycles. The largest absolute Gasteiger partial charge is 0.294 e. The Balaban J connectivity index is 1.68. The molecule has 29 heavy (non-hydrogen) atoms. The number of rotatable bonds is 4. The third kappa shape index (κ3) is 5.07. The molecule has 0 spiro atoms. The molecule has 2 heterocycles. The van der Waals surface area contributed by atoms with Crippen LogP contribution in [0.25, 0.3) is 0 Å². The van der Waals surface area contributed by atoms with Crippen LogP contribution < -0.4 is 0 Å². The summed E-state index contributed by atoms with van der Waals surface area (Å²) in [6, 6.07) is 9.52. The number of nitrogens with zero attached hydrogens (tertiary/aromatic N) is 3. The molecule has 0 bridgehead atoms. The van der Waals surface area contributed by atoms with Crippen molar-refractivity contribution < 1.29 is 9.59 Å². The second kappa shape index (κ2) is 8.97. The Hall–Kier alpha value is -1.72. The van der Waals surface area contributed by atoms with Gasteiger partial charge in [0.15, 0.2) is 0 Å². The van der Waals surface area contributed by atoms with Gasteiger partial charge in [-0.05, 0) is 83.1 Å². The van der Waals surface area contributed by atoms with Crippen molar-refractivity contribution in [2.24, 2.45) is 0 Å². The highest BCUT2D eigenvalue weighted by Crippen LogP contribution is 2.41. The number of benzene rings is 1. The molecule has 2 amide bonds. The van der Waals surface area contributed by atoms with E-state index in [1.54, 1.807) is 7.05 Å². The van der Waals surface area contributed by atoms with Crippen LogP contribution in [0.3, 0.4) is 0 Å². The first-order valence-electron chi connectivity index (χ1n) is 11.0. The molecule has 0 N–H and O–H groups in total. The molecule has 1 atom stereocenters. The van der Waals surface area contributed by atoms with E-state index in [2.05, 4.69) is 54.8 Å². The van der Waals surface area contributed by atoms with Gasteiger partial charge in [0, 0.05) is 25.6 Å². The highest BCUT2D eigenvalue weighted by Gasteiger charge is 2.36. The number of likely N-dealkylation sites (N-methyl/N-ethyl adjacent to an activating group) is 1. The molecule has 2 aliphatic rings. The van der Waals surface area contributed by atoms with Crippen LogP contribution in [0.15, 0.2) is 24.3 Å². The Kier molecular flexibility index (Phi) is 6.79. The topological polar surface area (TPSA) is 43.9 Å². The molecule has 2 fully saturated rings. The van der Waals surface area contributed by atoms with E-state index < -0.39 is 0 Å². The van der Waals surface area contributed by atoms with E-state index in [1.807, 2.05) is 0 Å². The van der Waals surface area contributed by atoms with Crippen LogP contribution >= 0.6 is 0 Å². The first-order chi connectivity index (χ1) is 13.7. The Labute approximate surface area is 176 Å². The molecule has 0 aliphatic carbocycles. The number of carbonyl (C=O) groups excluding carboxylic acids is 2. The van der Waals surface area contributed by atoms with E-state index in [0.717, 1.165) is 25.9 Å². The molecule has 5 heteroatoms. The Morgan fingerprint density at radius 1 is 1.03 bits per heavy atom. The Morgan fingerprint density at radius 2 is 1.66 bits per heavy atom. The zero-order valence-electron chi connectivity index (χ0n) is 18.8. The lowest BCUT2D eigenvalue weighted by atomic mass is 9.83. The third-order valence-corrected chi connectivity index (χ3v) is 6.70. The summed E-state index contributed by atoms with van der Waals surface area (Å²) in [7, 11) is 1.57. The van der Waals surface area contributed by atoms with Crippen molar-refractivity contribution in [1.29, 1.82) is 0 Å². The van der Waals surface area contributed by atoms with Gasteiger partial charge in [0.25, 0.3) is 0 Å². The predicted molar refractivity (Wildman–Crippen MR) is 117 cm³/mol. The van der Waals surface area contributed by atoms with Gasteiger partial charge in [-0.1, -0.05) is 24.3 Å². The maximum absolute atomic E-state index is 12.2. The second-order valence-electron chi connectivity index (χ2n) is 9.67. The quantitative estimate of drug-likeness (QED) is 0.772. The van der Waals surface area contributed by atoms with E-state index in [4.69, 9.17) is 0 Å². The molecule has 0 aromatic heterocycles. The van der Waals surface area contributed by atoms with Crippen molar-refractivity contribution in [2.75, 3.05) is 33.2 Å². The molecule has 1 aromatic carbocycles. The van der Waals surface area contributed by atoms with E-state index in [1.165, 1.54) is 42.3 Å². The molecule has 1 aromatic rings. The smallest absolute Gasteiger partial charge is 0.243 e. The predicted octanol–water partition coefficient (Wildman–Crippen LogP) is 3.81. The van der Waals surface area contributed by atoms with E-state index in [9.17, 15) is 9.59 Å². The van der Waals surface area contributed by atoms with Crippen LogP contribution in [0.1, 0.15) is 76.5 Å². The third-order valence-electron chi connectivity index (χ3n) is 6.70. The summed E-state index contributed by atoms with van der Waals surface area (Å²) >= 11 is 0. The lowest BCUT2D eigenvalue weighted by Gasteiger charge is -2.39. The summed E-state index contributed by atoms with van der Waals surface area (Å²) in [6.07, 6.45) is 4.63. The first-order valence-corrected chi connectivity index (χ1v) is 11.0. The number of piperidine rings is 1. The molecule has 5 nitrogen and oxygen atoms in total. The van der Waals surface area contributed by atoms with Crippen molar-refractivity contribution >= 4 is 11.8 Å². The SMILES string of the molecule is CC(=O)N(C)C(=O)CN1CCC(c2ccccc2[C@H]2CCCN2C(C)(C)C)CC1. The Bertz CT molecular complexity index is 732. The van der Waals surface area contributed by atoms with Crippen molar-refractivity contribution in [2.45, 2.75) is 70.9 Å². The van der Waals surface area contributed by atoms with Crippen molar-refractivity contribution in [3.8, 4) is 0 Å². The van der Waals surface area contributed by atoms with Crippen LogP contribution in [-0.4, -0.2) is 65.3 Å². The fourth-order valence-corrected chi connectivity index (χ4v) is 4.95. The van der Waals surface area contributed by atoms with Crippen LogP contribution in [0.4, 0.5) is 0 Å². The van der Waals surface area contributed by atoms with Gasteiger partial charge < -0.3 is 0 Å². The Morgan fingerprint density at radius 3 is 2.24 bits per heavy atom. The summed E-state index contributed by atoms with van der Waals surface area (Å²) in [6.45, 7) is 11.7. The van der Waals surface area contributed by atoms with Gasteiger partial charge in [-0.3, -0.25) is 24.3 Å². The molecule has 3 rings (SSSR count). The molecule has 0 unspecified atom stereocenters. The van der Waals surface area contributed by atoms with Gasteiger partial charge >= 0.3 is 0 Å². The standard InChI is InChI=1S/C24H37N3O2/c1-18(28)25(5)23(29)17-26-15-12-19(13-16-26)20-9-6-7-10-21(20)22-11-8-14-27(22)24(2,3)4/h6-7,9-10,19,22H,8,11-17H2,1-5H3/t22-/m1/s1. The van der Waals surface area contributed by atoms with Crippen LogP contribution in [0, 0.1) is 0 Å². The fraction of sp³-hybridized carbons (Fsp3) is 0.667. The fourth-order valence-electron chi connectivity index (χ4n) is 4.95. The van der Waals surface area contributed by atoms with Gasteiger partial charge in [-0.15, -0.1) is 0 Å². The minimum Gasteiger partial charge on any atom is -0.294 e. The number of amides is 2. The summed E-state index contributed by atoms with van der Waals surface area (Å²) in [4.78, 5) is 29.7. The van der Waals surface area contributed by atoms with Crippen molar-refractivity contribution in [3.63, 3.8) is 0 Å². The molecule has 0 saturated carbocycles. The maximum atomic E-state index is 12.2. The molecular weight excluding hydrogens is 362 g/mol. The normalized spacial score (nSPS) is 22.0. The van der Waals surface area contributed by atoms with Gasteiger partial charge in [-0.25, -0.2) is 0 Å². The number of hydrogen-bond acceptors (Lipinski definition) is 4. The summed E-state index contributed by atoms with van der Waals surface area (Å²) in [5, 5.41) is 0. The summed E-state index contributed by atoms with van der Waals surface area (Å²) in [5.74, 6) is 0.243. The zero-order chi connectivity index (χ0) is 21.2. The van der Waals surface area contributed by atoms with Gasteiger partial charge in [0.2, 0.25) is 11.8 Å². The lowest BCUT2D eigenvalue weighted by molar-refractivity contribution is -0.142. The zero-order valence-corrected chi connectivity index (χ0v) is 18.8. The minimum atomic E-state index is -0.196. The first kappa shape index (κ1) is 22.0. The van der Waals surface area contributed by atoms with E-state index in [-0.39, 0.29) is 17.4 Å². The second-order valence-corrected chi connectivity index (χ2v) is 9.67. The monoisotopic (exact) mass is 399 g/mol. The van der Waals surface area contributed by atoms with Crippen LogP contribution in [0.5, 0.6) is 0 Å². The van der Waals surface area contributed by atoms with E-state index in [0.29, 0.717) is 18.5 Å². The van der Waals surface area contributed by atoms with Crippen LogP contribution in [-0.2, 0) is 9.59 Å². The maximum Gasteiger partial charge on any atom is 0.243 e. The minimum absolute atomic E-state index is 0.108. The lowest BCUT2D eigenvalue weighted by Crippen LogP contribution is -2.43. The summed E-state index contributed by atoms with van der Waals surface area (Å²) in [5.41, 5.74) is 3.19. The number of imide groups is 1. The average molecular weight is 400 g/mol. The summed E-state index contributed by atoms with van der Waals surface area (Å²) < 4.78 is 0. The van der Waals surface area contributed by atoms with Gasteiger partial charge in [0.05, 0.1) is 6.54 Å². The molecule has 0 radical (unpaired) electrons. The highest BCUT2D eigenvalue weighted by molar-refractivity contribution is 5.94. The van der Waals surface area contributed by atoms with Crippen molar-refractivity contribution in [3.05, 3.63) is 35.4 Å². The average Bonchev–Trinajstić information content (AvgIpc) is 3.18. The number of hydrogen-bond donors (Lipinski definition) is 0. The van der Waals surface area contributed by atoms with Gasteiger partial charge in [0.1, 0.15) is 0 Å². The molecule has 160 valence electrons. The highest BCUT2D eigenvalue weighted by atomic mass is 16.2. The van der Waals surface area contributed by atoms with Crippen LogP contribution in [0.2, 0.25) is 0 Å².